The third kappa shape index (κ3) is 3.47. The summed E-state index contributed by atoms with van der Waals surface area (Å²) >= 11 is 0. The second-order valence-electron chi connectivity index (χ2n) is 7.34. The van der Waals surface area contributed by atoms with Crippen molar-refractivity contribution in [3.8, 4) is 11.8 Å². The molecule has 0 saturated heterocycles. The first-order valence-electron chi connectivity index (χ1n) is 10.2. The monoisotopic (exact) mass is 456 g/mol. The Morgan fingerprint density at radius 2 is 1.76 bits per heavy atom. The third-order valence-electron chi connectivity index (χ3n) is 5.57. The van der Waals surface area contributed by atoms with Crippen LogP contribution in [0.2, 0.25) is 0 Å². The zero-order valence-electron chi connectivity index (χ0n) is 18.4. The van der Waals surface area contributed by atoms with Gasteiger partial charge in [0.2, 0.25) is 0 Å². The van der Waals surface area contributed by atoms with Gasteiger partial charge in [0, 0.05) is 11.6 Å². The molecule has 1 aliphatic rings. The fourth-order valence-electron chi connectivity index (χ4n) is 4.11. The largest absolute Gasteiger partial charge is 0.506 e. The van der Waals surface area contributed by atoms with Crippen LogP contribution in [0.1, 0.15) is 11.5 Å². The number of pyridine rings is 1. The number of benzene rings is 2. The van der Waals surface area contributed by atoms with Crippen LogP contribution in [0.25, 0.3) is 10.9 Å². The number of nitrogens with zero attached hydrogens (tertiary/aromatic N) is 3. The van der Waals surface area contributed by atoms with Crippen molar-refractivity contribution >= 4 is 28.5 Å². The number of hydrogen-bond donors (Lipinski definition) is 2. The van der Waals surface area contributed by atoms with Crippen LogP contribution in [0.4, 0.5) is 5.69 Å². The Hall–Kier alpha value is -4.84. The number of anilines is 1. The minimum Gasteiger partial charge on any atom is -0.506 e. The molecule has 34 heavy (non-hydrogen) atoms. The molecule has 0 saturated carbocycles. The Labute approximate surface area is 194 Å². The van der Waals surface area contributed by atoms with Gasteiger partial charge in [0.25, 0.3) is 0 Å². The molecule has 1 aromatic heterocycles. The maximum absolute atomic E-state index is 13.2. The highest BCUT2D eigenvalue weighted by atomic mass is 16.5. The summed E-state index contributed by atoms with van der Waals surface area (Å²) in [6, 6.07) is 17.1. The Morgan fingerprint density at radius 1 is 1.06 bits per heavy atom. The smallest absolute Gasteiger partial charge is 0.355 e. The topological polar surface area (TPSA) is 139 Å². The number of rotatable bonds is 4. The molecule has 9 nitrogen and oxygen atoms in total. The van der Waals surface area contributed by atoms with E-state index in [1.807, 2.05) is 0 Å². The van der Waals surface area contributed by atoms with E-state index in [1.165, 1.54) is 13.2 Å². The highest BCUT2D eigenvalue weighted by Crippen LogP contribution is 2.46. The number of allylic oxidation sites excluding steroid dienone is 1. The van der Waals surface area contributed by atoms with Crippen LogP contribution in [0.3, 0.4) is 0 Å². The van der Waals surface area contributed by atoms with Crippen LogP contribution in [0.5, 0.6) is 5.75 Å². The van der Waals surface area contributed by atoms with Crippen molar-refractivity contribution in [2.24, 2.45) is 5.73 Å². The molecule has 9 heteroatoms. The van der Waals surface area contributed by atoms with Crippen LogP contribution < -0.4 is 10.6 Å². The summed E-state index contributed by atoms with van der Waals surface area (Å²) in [4.78, 5) is 31.7. The first kappa shape index (κ1) is 22.4. The first-order valence-corrected chi connectivity index (χ1v) is 10.2. The number of carbonyl (C=O) groups excluding carboxylic acids is 2. The Kier molecular flexibility index (Phi) is 5.89. The molecule has 2 heterocycles. The molecule has 1 atom stereocenters. The van der Waals surface area contributed by atoms with E-state index in [4.69, 9.17) is 15.2 Å². The van der Waals surface area contributed by atoms with Gasteiger partial charge in [-0.05, 0) is 29.8 Å². The lowest BCUT2D eigenvalue weighted by molar-refractivity contribution is -0.139. The number of nitriles is 1. The van der Waals surface area contributed by atoms with Crippen molar-refractivity contribution in [1.29, 1.82) is 5.26 Å². The standard InChI is InChI=1S/C25H20N4O5/c1-33-24(31)20-19(14-7-4-3-5-8-14)16(13-26)23(27)29(22(20)25(32)34-2)21-15-9-6-12-28-17(15)10-11-18(21)30/h3-12,19,30H,27H2,1-2H3. The molecular formula is C25H20N4O5. The molecule has 1 unspecified atom stereocenters. The van der Waals surface area contributed by atoms with Crippen LogP contribution in [0.15, 0.2) is 83.5 Å². The van der Waals surface area contributed by atoms with Crippen molar-refractivity contribution in [2.75, 3.05) is 19.1 Å². The molecule has 3 aromatic rings. The van der Waals surface area contributed by atoms with Gasteiger partial charge in [-0.1, -0.05) is 30.3 Å². The number of carbonyl (C=O) groups is 2. The van der Waals surface area contributed by atoms with Gasteiger partial charge in [-0.3, -0.25) is 9.88 Å². The lowest BCUT2D eigenvalue weighted by Gasteiger charge is -2.36. The van der Waals surface area contributed by atoms with Crippen LogP contribution in [-0.4, -0.2) is 36.2 Å². The average molecular weight is 456 g/mol. The van der Waals surface area contributed by atoms with E-state index in [2.05, 4.69) is 11.1 Å². The first-order chi connectivity index (χ1) is 16.4. The summed E-state index contributed by atoms with van der Waals surface area (Å²) in [5.41, 5.74) is 7.20. The van der Waals surface area contributed by atoms with E-state index in [1.54, 1.807) is 54.7 Å². The lowest BCUT2D eigenvalue weighted by atomic mass is 9.80. The fraction of sp³-hybridized carbons (Fsp3) is 0.120. The Bertz CT molecular complexity index is 1410. The second kappa shape index (κ2) is 8.96. The average Bonchev–Trinajstić information content (AvgIpc) is 2.88. The van der Waals surface area contributed by atoms with Crippen LogP contribution in [0, 0.1) is 11.3 Å². The van der Waals surface area contributed by atoms with Gasteiger partial charge in [-0.25, -0.2) is 9.59 Å². The normalized spacial score (nSPS) is 15.8. The molecule has 2 aromatic carbocycles. The number of methoxy groups -OCH3 is 2. The van der Waals surface area contributed by atoms with Crippen molar-refractivity contribution < 1.29 is 24.2 Å². The molecule has 4 rings (SSSR count). The number of ether oxygens (including phenoxy) is 2. The van der Waals surface area contributed by atoms with E-state index in [9.17, 15) is 20.0 Å². The van der Waals surface area contributed by atoms with Gasteiger partial charge in [-0.15, -0.1) is 0 Å². The molecule has 0 fully saturated rings. The number of fused-ring (bicyclic) bond motifs is 1. The lowest BCUT2D eigenvalue weighted by Crippen LogP contribution is -2.40. The van der Waals surface area contributed by atoms with Gasteiger partial charge in [0.15, 0.2) is 0 Å². The second-order valence-corrected chi connectivity index (χ2v) is 7.34. The van der Waals surface area contributed by atoms with Crippen molar-refractivity contribution in [2.45, 2.75) is 5.92 Å². The molecule has 0 radical (unpaired) electrons. The van der Waals surface area contributed by atoms with E-state index in [0.29, 0.717) is 16.5 Å². The predicted molar refractivity (Wildman–Crippen MR) is 123 cm³/mol. The summed E-state index contributed by atoms with van der Waals surface area (Å²) in [6.45, 7) is 0. The van der Waals surface area contributed by atoms with Gasteiger partial charge in [0.05, 0.1) is 48.6 Å². The number of aromatic nitrogens is 1. The quantitative estimate of drug-likeness (QED) is 0.567. The molecule has 0 aliphatic carbocycles. The third-order valence-corrected chi connectivity index (χ3v) is 5.57. The molecular weight excluding hydrogens is 436 g/mol. The van der Waals surface area contributed by atoms with Crippen molar-refractivity contribution in [1.82, 2.24) is 4.98 Å². The van der Waals surface area contributed by atoms with E-state index in [-0.39, 0.29) is 34.1 Å². The summed E-state index contributed by atoms with van der Waals surface area (Å²) in [5.74, 6) is -3.14. The van der Waals surface area contributed by atoms with Crippen LogP contribution >= 0.6 is 0 Å². The summed E-state index contributed by atoms with van der Waals surface area (Å²) in [5, 5.41) is 21.4. The SMILES string of the molecule is COC(=O)C1=C(C(=O)OC)N(c2c(O)ccc3ncccc23)C(N)=C(C#N)C1c1ccccc1. The minimum absolute atomic E-state index is 0.000420. The summed E-state index contributed by atoms with van der Waals surface area (Å²) in [6.07, 6.45) is 1.57. The van der Waals surface area contributed by atoms with Crippen molar-refractivity contribution in [3.63, 3.8) is 0 Å². The number of nitrogens with two attached hydrogens (primary N) is 1. The molecule has 3 N–H and O–H groups in total. The molecule has 0 spiro atoms. The van der Waals surface area contributed by atoms with Gasteiger partial charge < -0.3 is 20.3 Å². The number of hydrogen-bond acceptors (Lipinski definition) is 9. The minimum atomic E-state index is -1.00. The van der Waals surface area contributed by atoms with Gasteiger partial charge >= 0.3 is 11.9 Å². The molecule has 0 amide bonds. The molecule has 0 bridgehead atoms. The number of phenolic OH excluding ortho intramolecular Hbond substituents is 1. The van der Waals surface area contributed by atoms with Gasteiger partial charge in [-0.2, -0.15) is 5.26 Å². The zero-order valence-corrected chi connectivity index (χ0v) is 18.4. The van der Waals surface area contributed by atoms with E-state index < -0.39 is 17.9 Å². The summed E-state index contributed by atoms with van der Waals surface area (Å²) < 4.78 is 10.0. The highest BCUT2D eigenvalue weighted by Gasteiger charge is 2.44. The fourth-order valence-corrected chi connectivity index (χ4v) is 4.11. The molecule has 170 valence electrons. The maximum Gasteiger partial charge on any atom is 0.355 e. The number of esters is 2. The highest BCUT2D eigenvalue weighted by molar-refractivity contribution is 6.09. The number of aromatic hydroxyl groups is 1. The summed E-state index contributed by atoms with van der Waals surface area (Å²) in [7, 11) is 2.33. The number of phenols is 1. The molecule has 1 aliphatic heterocycles. The Morgan fingerprint density at radius 3 is 2.41 bits per heavy atom. The zero-order chi connectivity index (χ0) is 24.4. The Balaban J connectivity index is 2.16. The van der Waals surface area contributed by atoms with E-state index >= 15 is 0 Å². The van der Waals surface area contributed by atoms with Crippen molar-refractivity contribution in [3.05, 3.63) is 89.0 Å². The van der Waals surface area contributed by atoms with E-state index in [0.717, 1.165) is 12.0 Å². The van der Waals surface area contributed by atoms with Gasteiger partial charge in [0.1, 0.15) is 17.3 Å². The maximum atomic E-state index is 13.2. The van der Waals surface area contributed by atoms with Crippen LogP contribution in [-0.2, 0) is 19.1 Å². The predicted octanol–water partition coefficient (Wildman–Crippen LogP) is 2.84.